The van der Waals surface area contributed by atoms with Crippen molar-refractivity contribution >= 4 is 0 Å². The van der Waals surface area contributed by atoms with Crippen LogP contribution in [0.3, 0.4) is 0 Å². The highest BCUT2D eigenvalue weighted by molar-refractivity contribution is 5.26. The molecule has 1 rings (SSSR count). The maximum atomic E-state index is 5.75. The second-order valence-electron chi connectivity index (χ2n) is 3.13. The quantitative estimate of drug-likeness (QED) is 0.695. The van der Waals surface area contributed by atoms with Crippen molar-refractivity contribution in [2.45, 2.75) is 19.4 Å². The molecule has 0 bridgehead atoms. The zero-order valence-electron chi connectivity index (χ0n) is 7.46. The summed E-state index contributed by atoms with van der Waals surface area (Å²) in [7, 11) is 0. The van der Waals surface area contributed by atoms with Gasteiger partial charge in [-0.25, -0.2) is 0 Å². The van der Waals surface area contributed by atoms with Gasteiger partial charge in [0.1, 0.15) is 0 Å². The topological polar surface area (TPSA) is 52.0 Å². The molecule has 0 aliphatic heterocycles. The lowest BCUT2D eigenvalue weighted by atomic mass is 10.0. The van der Waals surface area contributed by atoms with Gasteiger partial charge in [0.25, 0.3) is 0 Å². The normalized spacial score (nSPS) is 12.9. The second-order valence-corrected chi connectivity index (χ2v) is 3.13. The highest BCUT2D eigenvalue weighted by Crippen LogP contribution is 2.08. The van der Waals surface area contributed by atoms with Crippen LogP contribution in [0, 0.1) is 6.92 Å². The molecule has 2 nitrogen and oxygen atoms in total. The molecule has 66 valence electrons. The zero-order chi connectivity index (χ0) is 8.97. The van der Waals surface area contributed by atoms with Crippen LogP contribution in [0.4, 0.5) is 0 Å². The van der Waals surface area contributed by atoms with Crippen molar-refractivity contribution in [2.75, 3.05) is 6.54 Å². The minimum atomic E-state index is 0.0890. The van der Waals surface area contributed by atoms with E-state index in [9.17, 15) is 0 Å². The Kier molecular flexibility index (Phi) is 3.26. The summed E-state index contributed by atoms with van der Waals surface area (Å²) < 4.78 is 0. The second kappa shape index (κ2) is 4.24. The SMILES string of the molecule is Cc1ccccc1C[C@@H](N)CN. The van der Waals surface area contributed by atoms with Gasteiger partial charge in [0.05, 0.1) is 0 Å². The van der Waals surface area contributed by atoms with Crippen molar-refractivity contribution in [3.8, 4) is 0 Å². The summed E-state index contributed by atoms with van der Waals surface area (Å²) in [5.74, 6) is 0. The smallest absolute Gasteiger partial charge is 0.0204 e. The minimum Gasteiger partial charge on any atom is -0.329 e. The number of aryl methyl sites for hydroxylation is 1. The van der Waals surface area contributed by atoms with Gasteiger partial charge in [-0.2, -0.15) is 0 Å². The van der Waals surface area contributed by atoms with Crippen LogP contribution in [0.2, 0.25) is 0 Å². The van der Waals surface area contributed by atoms with Crippen molar-refractivity contribution in [3.05, 3.63) is 35.4 Å². The van der Waals surface area contributed by atoms with Crippen LogP contribution >= 0.6 is 0 Å². The Labute approximate surface area is 73.6 Å². The molecule has 0 aliphatic rings. The number of nitrogens with two attached hydrogens (primary N) is 2. The first-order valence-corrected chi connectivity index (χ1v) is 4.24. The van der Waals surface area contributed by atoms with Gasteiger partial charge in [-0.15, -0.1) is 0 Å². The molecule has 0 heterocycles. The third-order valence-corrected chi connectivity index (χ3v) is 2.05. The Bertz CT molecular complexity index is 245. The van der Waals surface area contributed by atoms with E-state index in [1.807, 2.05) is 12.1 Å². The fraction of sp³-hybridized carbons (Fsp3) is 0.400. The van der Waals surface area contributed by atoms with Crippen LogP contribution in [0.1, 0.15) is 11.1 Å². The molecule has 0 fully saturated rings. The Morgan fingerprint density at radius 1 is 1.33 bits per heavy atom. The molecule has 1 atom stereocenters. The molecule has 12 heavy (non-hydrogen) atoms. The lowest BCUT2D eigenvalue weighted by Crippen LogP contribution is -2.31. The molecule has 0 amide bonds. The lowest BCUT2D eigenvalue weighted by Gasteiger charge is -2.10. The van der Waals surface area contributed by atoms with Crippen LogP contribution in [-0.2, 0) is 6.42 Å². The van der Waals surface area contributed by atoms with Gasteiger partial charge in [0.2, 0.25) is 0 Å². The maximum Gasteiger partial charge on any atom is 0.0204 e. The Balaban J connectivity index is 2.69. The fourth-order valence-corrected chi connectivity index (χ4v) is 1.20. The average molecular weight is 164 g/mol. The van der Waals surface area contributed by atoms with E-state index < -0.39 is 0 Å². The van der Waals surface area contributed by atoms with Crippen LogP contribution in [0.15, 0.2) is 24.3 Å². The molecule has 1 aromatic carbocycles. The van der Waals surface area contributed by atoms with Gasteiger partial charge in [0, 0.05) is 12.6 Å². The molecule has 0 unspecified atom stereocenters. The highest BCUT2D eigenvalue weighted by Gasteiger charge is 2.02. The Morgan fingerprint density at radius 2 is 2.00 bits per heavy atom. The molecule has 0 spiro atoms. The highest BCUT2D eigenvalue weighted by atomic mass is 14.7. The molecular weight excluding hydrogens is 148 g/mol. The Hall–Kier alpha value is -0.860. The third kappa shape index (κ3) is 2.32. The fourth-order valence-electron chi connectivity index (χ4n) is 1.20. The lowest BCUT2D eigenvalue weighted by molar-refractivity contribution is 0.676. The van der Waals surface area contributed by atoms with Gasteiger partial charge < -0.3 is 11.5 Å². The molecule has 0 radical (unpaired) electrons. The standard InChI is InChI=1S/C10H16N2/c1-8-4-2-3-5-9(8)6-10(12)7-11/h2-5,10H,6-7,11-12H2,1H3/t10-/m1/s1. The molecule has 0 saturated carbocycles. The van der Waals surface area contributed by atoms with E-state index in [-0.39, 0.29) is 6.04 Å². The van der Waals surface area contributed by atoms with E-state index in [0.29, 0.717) is 6.54 Å². The molecule has 0 aliphatic carbocycles. The van der Waals surface area contributed by atoms with Crippen LogP contribution in [0.25, 0.3) is 0 Å². The van der Waals surface area contributed by atoms with E-state index in [2.05, 4.69) is 19.1 Å². The predicted octanol–water partition coefficient (Wildman–Crippen LogP) is 0.824. The first kappa shape index (κ1) is 9.23. The first-order chi connectivity index (χ1) is 5.74. The molecule has 0 aromatic heterocycles. The molecule has 0 saturated heterocycles. The molecule has 4 N–H and O–H groups in total. The Morgan fingerprint density at radius 3 is 2.58 bits per heavy atom. The van der Waals surface area contributed by atoms with Crippen LogP contribution in [0.5, 0.6) is 0 Å². The van der Waals surface area contributed by atoms with E-state index in [0.717, 1.165) is 6.42 Å². The number of hydrogen-bond donors (Lipinski definition) is 2. The zero-order valence-corrected chi connectivity index (χ0v) is 7.46. The monoisotopic (exact) mass is 164 g/mol. The summed E-state index contributed by atoms with van der Waals surface area (Å²) in [4.78, 5) is 0. The van der Waals surface area contributed by atoms with Gasteiger partial charge in [0.15, 0.2) is 0 Å². The average Bonchev–Trinajstić information content (AvgIpc) is 2.09. The number of benzene rings is 1. The van der Waals surface area contributed by atoms with E-state index in [1.165, 1.54) is 11.1 Å². The van der Waals surface area contributed by atoms with E-state index >= 15 is 0 Å². The molecule has 1 aromatic rings. The summed E-state index contributed by atoms with van der Waals surface area (Å²) in [6.07, 6.45) is 0.878. The van der Waals surface area contributed by atoms with Crippen molar-refractivity contribution in [1.29, 1.82) is 0 Å². The largest absolute Gasteiger partial charge is 0.329 e. The van der Waals surface area contributed by atoms with Crippen LogP contribution < -0.4 is 11.5 Å². The maximum absolute atomic E-state index is 5.75. The van der Waals surface area contributed by atoms with E-state index in [4.69, 9.17) is 11.5 Å². The van der Waals surface area contributed by atoms with Crippen molar-refractivity contribution in [1.82, 2.24) is 0 Å². The summed E-state index contributed by atoms with van der Waals surface area (Å²) in [5, 5.41) is 0. The number of rotatable bonds is 3. The summed E-state index contributed by atoms with van der Waals surface area (Å²) >= 11 is 0. The van der Waals surface area contributed by atoms with Gasteiger partial charge in [-0.05, 0) is 24.5 Å². The van der Waals surface area contributed by atoms with Gasteiger partial charge in [-0.1, -0.05) is 24.3 Å². The van der Waals surface area contributed by atoms with Crippen molar-refractivity contribution in [2.24, 2.45) is 11.5 Å². The van der Waals surface area contributed by atoms with Crippen molar-refractivity contribution in [3.63, 3.8) is 0 Å². The number of hydrogen-bond acceptors (Lipinski definition) is 2. The van der Waals surface area contributed by atoms with Crippen LogP contribution in [-0.4, -0.2) is 12.6 Å². The van der Waals surface area contributed by atoms with E-state index in [1.54, 1.807) is 0 Å². The predicted molar refractivity (Wildman–Crippen MR) is 51.9 cm³/mol. The summed E-state index contributed by atoms with van der Waals surface area (Å²) in [5.41, 5.74) is 13.8. The van der Waals surface area contributed by atoms with Gasteiger partial charge >= 0.3 is 0 Å². The first-order valence-electron chi connectivity index (χ1n) is 4.24. The van der Waals surface area contributed by atoms with Gasteiger partial charge in [-0.3, -0.25) is 0 Å². The minimum absolute atomic E-state index is 0.0890. The summed E-state index contributed by atoms with van der Waals surface area (Å²) in [6, 6.07) is 8.35. The third-order valence-electron chi connectivity index (χ3n) is 2.05. The van der Waals surface area contributed by atoms with Crippen molar-refractivity contribution < 1.29 is 0 Å². The summed E-state index contributed by atoms with van der Waals surface area (Å²) in [6.45, 7) is 2.65. The molecular formula is C10H16N2. The molecule has 2 heteroatoms.